The highest BCUT2D eigenvalue weighted by molar-refractivity contribution is 7.89. The lowest BCUT2D eigenvalue weighted by Crippen LogP contribution is -2.43. The molecule has 6 heteroatoms. The standard InChI is InChI=1S/C16H25NO4S/c1-11-8-9-13(15(18)21-7)10-14(11)22(19,20)17(6)12(2)16(3,4)5/h8-10,12H,1-7H3/t12-/m1/s1. The van der Waals surface area contributed by atoms with Crippen LogP contribution in [-0.2, 0) is 14.8 Å². The van der Waals surface area contributed by atoms with Crippen LogP contribution < -0.4 is 0 Å². The van der Waals surface area contributed by atoms with Gasteiger partial charge in [-0.2, -0.15) is 4.31 Å². The van der Waals surface area contributed by atoms with Crippen molar-refractivity contribution in [2.24, 2.45) is 5.41 Å². The predicted octanol–water partition coefficient (Wildman–Crippen LogP) is 2.84. The van der Waals surface area contributed by atoms with Crippen molar-refractivity contribution in [1.82, 2.24) is 4.31 Å². The summed E-state index contributed by atoms with van der Waals surface area (Å²) in [6.45, 7) is 9.55. The molecule has 0 bridgehead atoms. The van der Waals surface area contributed by atoms with Crippen LogP contribution in [0.25, 0.3) is 0 Å². The van der Waals surface area contributed by atoms with Gasteiger partial charge < -0.3 is 4.74 Å². The molecule has 0 aliphatic rings. The van der Waals surface area contributed by atoms with Crippen molar-refractivity contribution in [2.45, 2.75) is 45.6 Å². The summed E-state index contributed by atoms with van der Waals surface area (Å²) < 4.78 is 31.8. The van der Waals surface area contributed by atoms with Gasteiger partial charge in [0.2, 0.25) is 10.0 Å². The Morgan fingerprint density at radius 2 is 1.82 bits per heavy atom. The maximum absolute atomic E-state index is 12.9. The van der Waals surface area contributed by atoms with Gasteiger partial charge in [-0.1, -0.05) is 26.8 Å². The highest BCUT2D eigenvalue weighted by Gasteiger charge is 2.33. The molecule has 0 aromatic heterocycles. The largest absolute Gasteiger partial charge is 0.465 e. The molecule has 124 valence electrons. The second kappa shape index (κ2) is 6.38. The smallest absolute Gasteiger partial charge is 0.337 e. The minimum Gasteiger partial charge on any atom is -0.465 e. The van der Waals surface area contributed by atoms with Gasteiger partial charge in [0.05, 0.1) is 17.6 Å². The maximum atomic E-state index is 12.9. The van der Waals surface area contributed by atoms with Crippen LogP contribution in [0.5, 0.6) is 0 Å². The van der Waals surface area contributed by atoms with Crippen LogP contribution in [0, 0.1) is 12.3 Å². The molecule has 0 amide bonds. The average Bonchev–Trinajstić information content (AvgIpc) is 2.44. The van der Waals surface area contributed by atoms with E-state index >= 15 is 0 Å². The lowest BCUT2D eigenvalue weighted by Gasteiger charge is -2.34. The highest BCUT2D eigenvalue weighted by atomic mass is 32.2. The predicted molar refractivity (Wildman–Crippen MR) is 86.4 cm³/mol. The number of benzene rings is 1. The molecule has 0 saturated heterocycles. The van der Waals surface area contributed by atoms with Crippen molar-refractivity contribution < 1.29 is 17.9 Å². The summed E-state index contributed by atoms with van der Waals surface area (Å²) in [6.07, 6.45) is 0. The third kappa shape index (κ3) is 3.67. The molecule has 0 N–H and O–H groups in total. The average molecular weight is 327 g/mol. The number of sulfonamides is 1. The Morgan fingerprint density at radius 1 is 1.27 bits per heavy atom. The monoisotopic (exact) mass is 327 g/mol. The minimum absolute atomic E-state index is 0.133. The van der Waals surface area contributed by atoms with Crippen LogP contribution in [0.2, 0.25) is 0 Å². The third-order valence-electron chi connectivity index (χ3n) is 4.07. The van der Waals surface area contributed by atoms with Gasteiger partial charge in [-0.05, 0) is 37.0 Å². The van der Waals surface area contributed by atoms with Crippen LogP contribution in [-0.4, -0.2) is 38.9 Å². The van der Waals surface area contributed by atoms with Crippen LogP contribution in [0.1, 0.15) is 43.6 Å². The molecule has 5 nitrogen and oxygen atoms in total. The van der Waals surface area contributed by atoms with Gasteiger partial charge in [0, 0.05) is 13.1 Å². The van der Waals surface area contributed by atoms with Crippen molar-refractivity contribution in [3.05, 3.63) is 29.3 Å². The molecular weight excluding hydrogens is 302 g/mol. The van der Waals surface area contributed by atoms with Gasteiger partial charge in [-0.15, -0.1) is 0 Å². The molecule has 1 aromatic carbocycles. The Morgan fingerprint density at radius 3 is 2.27 bits per heavy atom. The zero-order valence-corrected chi connectivity index (χ0v) is 15.1. The number of ether oxygens (including phenoxy) is 1. The molecule has 0 heterocycles. The van der Waals surface area contributed by atoms with E-state index < -0.39 is 16.0 Å². The van der Waals surface area contributed by atoms with Crippen LogP contribution in [0.3, 0.4) is 0 Å². The molecule has 0 aliphatic carbocycles. The lowest BCUT2D eigenvalue weighted by molar-refractivity contribution is 0.0600. The van der Waals surface area contributed by atoms with Crippen molar-refractivity contribution in [2.75, 3.05) is 14.2 Å². The Bertz CT molecular complexity index is 659. The Kier molecular flexibility index (Phi) is 5.41. The molecule has 0 fully saturated rings. The number of methoxy groups -OCH3 is 1. The molecule has 1 aromatic rings. The Hall–Kier alpha value is -1.40. The fourth-order valence-electron chi connectivity index (χ4n) is 2.03. The first-order chi connectivity index (χ1) is 9.92. The summed E-state index contributed by atoms with van der Waals surface area (Å²) in [7, 11) is -0.858. The molecule has 0 saturated carbocycles. The van der Waals surface area contributed by atoms with Gasteiger partial charge in [-0.25, -0.2) is 13.2 Å². The van der Waals surface area contributed by atoms with E-state index in [1.165, 1.54) is 17.5 Å². The summed E-state index contributed by atoms with van der Waals surface area (Å²) in [6, 6.07) is 4.36. The van der Waals surface area contributed by atoms with E-state index in [4.69, 9.17) is 0 Å². The fraction of sp³-hybridized carbons (Fsp3) is 0.562. The summed E-state index contributed by atoms with van der Waals surface area (Å²) in [4.78, 5) is 11.8. The molecule has 0 aliphatic heterocycles. The van der Waals surface area contributed by atoms with Gasteiger partial charge in [0.15, 0.2) is 0 Å². The number of rotatable bonds is 4. The Labute approximate surface area is 133 Å². The highest BCUT2D eigenvalue weighted by Crippen LogP contribution is 2.29. The quantitative estimate of drug-likeness (QED) is 0.798. The number of esters is 1. The molecule has 1 rings (SSSR count). The number of aryl methyl sites for hydroxylation is 1. The van der Waals surface area contributed by atoms with Crippen molar-refractivity contribution in [1.29, 1.82) is 0 Å². The first-order valence-electron chi connectivity index (χ1n) is 7.10. The van der Waals surface area contributed by atoms with Crippen LogP contribution in [0.15, 0.2) is 23.1 Å². The number of carbonyl (C=O) groups excluding carboxylic acids is 1. The molecule has 22 heavy (non-hydrogen) atoms. The zero-order valence-electron chi connectivity index (χ0n) is 14.3. The van der Waals surface area contributed by atoms with E-state index in [0.29, 0.717) is 5.56 Å². The number of hydrogen-bond donors (Lipinski definition) is 0. The summed E-state index contributed by atoms with van der Waals surface area (Å²) >= 11 is 0. The van der Waals surface area contributed by atoms with E-state index in [-0.39, 0.29) is 21.9 Å². The van der Waals surface area contributed by atoms with E-state index in [1.54, 1.807) is 26.1 Å². The number of carbonyl (C=O) groups is 1. The van der Waals surface area contributed by atoms with Crippen molar-refractivity contribution in [3.8, 4) is 0 Å². The van der Waals surface area contributed by atoms with E-state index in [0.717, 1.165) is 0 Å². The van der Waals surface area contributed by atoms with Crippen LogP contribution in [0.4, 0.5) is 0 Å². The van der Waals surface area contributed by atoms with Gasteiger partial charge in [0.25, 0.3) is 0 Å². The molecule has 1 atom stereocenters. The molecule has 0 unspecified atom stereocenters. The van der Waals surface area contributed by atoms with Crippen LogP contribution >= 0.6 is 0 Å². The fourth-order valence-corrected chi connectivity index (χ4v) is 3.83. The molecule has 0 radical (unpaired) electrons. The molecule has 0 spiro atoms. The van der Waals surface area contributed by atoms with E-state index in [2.05, 4.69) is 4.74 Å². The van der Waals surface area contributed by atoms with Crippen molar-refractivity contribution >= 4 is 16.0 Å². The minimum atomic E-state index is -3.69. The number of nitrogens with zero attached hydrogens (tertiary/aromatic N) is 1. The second-order valence-electron chi connectivity index (χ2n) is 6.54. The summed E-state index contributed by atoms with van der Waals surface area (Å²) in [5, 5.41) is 0. The maximum Gasteiger partial charge on any atom is 0.337 e. The first kappa shape index (κ1) is 18.6. The van der Waals surface area contributed by atoms with Gasteiger partial charge in [0.1, 0.15) is 0 Å². The Balaban J connectivity index is 3.37. The SMILES string of the molecule is COC(=O)c1ccc(C)c(S(=O)(=O)N(C)[C@H](C)C(C)(C)C)c1. The summed E-state index contributed by atoms with van der Waals surface area (Å²) in [5.74, 6) is -0.553. The third-order valence-corrected chi connectivity index (χ3v) is 6.14. The van der Waals surface area contributed by atoms with Gasteiger partial charge in [-0.3, -0.25) is 0 Å². The van der Waals surface area contributed by atoms with E-state index in [1.807, 2.05) is 27.7 Å². The topological polar surface area (TPSA) is 63.7 Å². The molecular formula is C16H25NO4S. The van der Waals surface area contributed by atoms with E-state index in [9.17, 15) is 13.2 Å². The number of hydrogen-bond acceptors (Lipinski definition) is 4. The zero-order chi connectivity index (χ0) is 17.3. The summed E-state index contributed by atoms with van der Waals surface area (Å²) in [5.41, 5.74) is 0.625. The second-order valence-corrected chi connectivity index (χ2v) is 8.50. The van der Waals surface area contributed by atoms with Crippen molar-refractivity contribution in [3.63, 3.8) is 0 Å². The first-order valence-corrected chi connectivity index (χ1v) is 8.54. The lowest BCUT2D eigenvalue weighted by atomic mass is 9.88. The normalized spacial score (nSPS) is 14.0. The van der Waals surface area contributed by atoms with Gasteiger partial charge >= 0.3 is 5.97 Å².